The van der Waals surface area contributed by atoms with Crippen LogP contribution in [0.1, 0.15) is 6.42 Å². The fourth-order valence-corrected chi connectivity index (χ4v) is 0.957. The van der Waals surface area contributed by atoms with Gasteiger partial charge in [0.05, 0.1) is 6.04 Å². The third-order valence-corrected chi connectivity index (χ3v) is 1.85. The predicted octanol–water partition coefficient (Wildman–Crippen LogP) is 1.68. The van der Waals surface area contributed by atoms with Crippen LogP contribution in [0.2, 0.25) is 0 Å². The largest absolute Gasteiger partial charge is 0.320 e. The van der Waals surface area contributed by atoms with Crippen molar-refractivity contribution in [3.05, 3.63) is 0 Å². The maximum Gasteiger partial charge on any atom is 0.238 e. The van der Waals surface area contributed by atoms with Gasteiger partial charge in [-0.3, -0.25) is 4.79 Å². The Kier molecular flexibility index (Phi) is 17.6. The Balaban J connectivity index is -0.000000320. The van der Waals surface area contributed by atoms with Crippen LogP contribution in [-0.2, 0) is 4.79 Å². The summed E-state index contributed by atoms with van der Waals surface area (Å²) in [5.41, 5.74) is 5.31. The molecule has 70 valence electrons. The Morgan fingerprint density at radius 3 is 2.36 bits per heavy atom. The Labute approximate surface area is 88.4 Å². The Morgan fingerprint density at radius 2 is 2.09 bits per heavy atom. The summed E-state index contributed by atoms with van der Waals surface area (Å²) in [6, 6.07) is -0.473. The van der Waals surface area contributed by atoms with Crippen molar-refractivity contribution in [3.63, 3.8) is 0 Å². The van der Waals surface area contributed by atoms with Gasteiger partial charge < -0.3 is 5.73 Å². The lowest BCUT2D eigenvalue weighted by atomic mass is 10.3. The Hall–Kier alpha value is 0.850. The van der Waals surface area contributed by atoms with Crippen LogP contribution in [0, 0.1) is 0 Å². The lowest BCUT2D eigenvalue weighted by Crippen LogP contribution is -2.27. The number of halogens is 3. The molecule has 0 aliphatic carbocycles. The molecule has 0 saturated carbocycles. The fraction of sp³-hybridized carbons (Fsp3) is 0.800. The summed E-state index contributed by atoms with van der Waals surface area (Å²) in [6.45, 7) is 0. The van der Waals surface area contributed by atoms with Crippen LogP contribution < -0.4 is 5.73 Å². The molecule has 6 heteroatoms. The number of carbonyl (C=O) groups is 1. The first-order valence-electron chi connectivity index (χ1n) is 2.62. The molecule has 0 radical (unpaired) electrons. The molecule has 0 fully saturated rings. The van der Waals surface area contributed by atoms with Gasteiger partial charge in [-0.25, -0.2) is 0 Å². The van der Waals surface area contributed by atoms with E-state index < -0.39 is 11.3 Å². The summed E-state index contributed by atoms with van der Waals surface area (Å²) in [5, 5.41) is -0.441. The number of hydrogen-bond donors (Lipinski definition) is 1. The maximum atomic E-state index is 10.3. The Bertz CT molecular complexity index is 104. The van der Waals surface area contributed by atoms with Crippen LogP contribution in [0.4, 0.5) is 0 Å². The molecule has 0 aliphatic heterocycles. The maximum absolute atomic E-state index is 10.3. The van der Waals surface area contributed by atoms with E-state index in [0.717, 1.165) is 5.75 Å². The van der Waals surface area contributed by atoms with Crippen LogP contribution in [0.3, 0.4) is 0 Å². The SMILES string of the molecule is CSCCC(N)C(=O)Cl.Cl.Cl. The monoisotopic (exact) mass is 239 g/mol. The molecule has 0 rings (SSSR count). The van der Waals surface area contributed by atoms with Gasteiger partial charge in [0.1, 0.15) is 0 Å². The highest BCUT2D eigenvalue weighted by Crippen LogP contribution is 2.00. The summed E-state index contributed by atoms with van der Waals surface area (Å²) in [4.78, 5) is 10.3. The molecule has 2 N–H and O–H groups in total. The van der Waals surface area contributed by atoms with E-state index in [1.54, 1.807) is 11.8 Å². The molecule has 0 heterocycles. The lowest BCUT2D eigenvalue weighted by Gasteiger charge is -2.02. The van der Waals surface area contributed by atoms with Crippen molar-refractivity contribution >= 4 is 53.4 Å². The van der Waals surface area contributed by atoms with Crippen LogP contribution in [-0.4, -0.2) is 23.3 Å². The average molecular weight is 241 g/mol. The van der Waals surface area contributed by atoms with E-state index in [-0.39, 0.29) is 24.8 Å². The molecule has 0 bridgehead atoms. The van der Waals surface area contributed by atoms with Crippen LogP contribution >= 0.6 is 48.2 Å². The van der Waals surface area contributed by atoms with E-state index >= 15 is 0 Å². The van der Waals surface area contributed by atoms with Crippen molar-refractivity contribution in [3.8, 4) is 0 Å². The van der Waals surface area contributed by atoms with Crippen molar-refractivity contribution in [2.24, 2.45) is 5.73 Å². The van der Waals surface area contributed by atoms with E-state index in [2.05, 4.69) is 0 Å². The number of hydrogen-bond acceptors (Lipinski definition) is 3. The normalized spacial score (nSPS) is 10.8. The van der Waals surface area contributed by atoms with Crippen LogP contribution in [0.15, 0.2) is 0 Å². The van der Waals surface area contributed by atoms with Crippen molar-refractivity contribution in [1.29, 1.82) is 0 Å². The lowest BCUT2D eigenvalue weighted by molar-refractivity contribution is -0.112. The smallest absolute Gasteiger partial charge is 0.238 e. The number of nitrogens with two attached hydrogens (primary N) is 1. The zero-order valence-corrected chi connectivity index (χ0v) is 9.29. The van der Waals surface area contributed by atoms with Crippen LogP contribution in [0.5, 0.6) is 0 Å². The zero-order chi connectivity index (χ0) is 7.28. The molecule has 0 aromatic carbocycles. The van der Waals surface area contributed by atoms with E-state index in [1.165, 1.54) is 0 Å². The zero-order valence-electron chi connectivity index (χ0n) is 6.08. The summed E-state index contributed by atoms with van der Waals surface area (Å²) >= 11 is 6.75. The molecule has 0 spiro atoms. The van der Waals surface area contributed by atoms with Gasteiger partial charge >= 0.3 is 0 Å². The van der Waals surface area contributed by atoms with Gasteiger partial charge in [0, 0.05) is 0 Å². The minimum Gasteiger partial charge on any atom is -0.320 e. The molecular formula is C5H12Cl3NOS. The van der Waals surface area contributed by atoms with Crippen LogP contribution in [0.25, 0.3) is 0 Å². The topological polar surface area (TPSA) is 43.1 Å². The second-order valence-corrected chi connectivity index (χ2v) is 3.05. The molecule has 0 aliphatic rings. The van der Waals surface area contributed by atoms with Gasteiger partial charge in [0.15, 0.2) is 0 Å². The molecular weight excluding hydrogens is 228 g/mol. The number of rotatable bonds is 4. The fourth-order valence-electron chi connectivity index (χ4n) is 0.358. The van der Waals surface area contributed by atoms with Crippen molar-refractivity contribution in [1.82, 2.24) is 0 Å². The molecule has 1 unspecified atom stereocenters. The standard InChI is InChI=1S/C5H10ClNOS.2ClH/c1-9-3-2-4(7)5(6)8;;/h4H,2-3,7H2,1H3;2*1H. The predicted molar refractivity (Wildman–Crippen MR) is 56.3 cm³/mol. The summed E-state index contributed by atoms with van der Waals surface area (Å²) in [6.07, 6.45) is 2.63. The van der Waals surface area contributed by atoms with Gasteiger partial charge in [0.2, 0.25) is 5.24 Å². The Morgan fingerprint density at radius 1 is 1.64 bits per heavy atom. The minimum atomic E-state index is -0.473. The van der Waals surface area contributed by atoms with E-state index in [1.807, 2.05) is 6.26 Å². The van der Waals surface area contributed by atoms with Gasteiger partial charge in [-0.05, 0) is 30.0 Å². The second kappa shape index (κ2) is 10.8. The first kappa shape index (κ1) is 17.8. The summed E-state index contributed by atoms with van der Waals surface area (Å²) in [7, 11) is 0. The average Bonchev–Trinajstić information content (AvgIpc) is 1.82. The summed E-state index contributed by atoms with van der Waals surface area (Å²) < 4.78 is 0. The number of carbonyl (C=O) groups excluding carboxylic acids is 1. The molecule has 2 nitrogen and oxygen atoms in total. The highest BCUT2D eigenvalue weighted by molar-refractivity contribution is 7.98. The van der Waals surface area contributed by atoms with Gasteiger partial charge in [-0.15, -0.1) is 24.8 Å². The van der Waals surface area contributed by atoms with E-state index in [4.69, 9.17) is 17.3 Å². The molecule has 11 heavy (non-hydrogen) atoms. The van der Waals surface area contributed by atoms with Crippen molar-refractivity contribution in [2.75, 3.05) is 12.0 Å². The number of thioether (sulfide) groups is 1. The van der Waals surface area contributed by atoms with Crippen molar-refractivity contribution in [2.45, 2.75) is 12.5 Å². The summed E-state index contributed by atoms with van der Waals surface area (Å²) in [5.74, 6) is 0.889. The molecule has 0 saturated heterocycles. The molecule has 0 aromatic heterocycles. The van der Waals surface area contributed by atoms with Gasteiger partial charge in [0.25, 0.3) is 0 Å². The second-order valence-electron chi connectivity index (χ2n) is 1.69. The van der Waals surface area contributed by atoms with Gasteiger partial charge in [-0.1, -0.05) is 0 Å². The first-order valence-corrected chi connectivity index (χ1v) is 4.39. The molecule has 1 atom stereocenters. The third kappa shape index (κ3) is 10.8. The molecule has 0 aromatic rings. The quantitative estimate of drug-likeness (QED) is 0.761. The van der Waals surface area contributed by atoms with Gasteiger partial charge in [-0.2, -0.15) is 11.8 Å². The van der Waals surface area contributed by atoms with Crippen molar-refractivity contribution < 1.29 is 4.79 Å². The third-order valence-electron chi connectivity index (χ3n) is 0.924. The van der Waals surface area contributed by atoms with E-state index in [0.29, 0.717) is 6.42 Å². The minimum absolute atomic E-state index is 0. The first-order chi connectivity index (χ1) is 4.18. The highest BCUT2D eigenvalue weighted by Gasteiger charge is 2.07. The molecule has 0 amide bonds. The van der Waals surface area contributed by atoms with E-state index in [9.17, 15) is 4.79 Å². The highest BCUT2D eigenvalue weighted by atomic mass is 35.5.